The highest BCUT2D eigenvalue weighted by atomic mass is 16.5. The lowest BCUT2D eigenvalue weighted by atomic mass is 9.47. The third kappa shape index (κ3) is 4.71. The number of benzene rings is 1. The fourth-order valence-corrected chi connectivity index (χ4v) is 9.55. The molecule has 0 radical (unpaired) electrons. The molecule has 4 aliphatic rings. The second-order valence-electron chi connectivity index (χ2n) is 13.9. The molecule has 3 fully saturated rings. The topological polar surface area (TPSA) is 26.3 Å². The summed E-state index contributed by atoms with van der Waals surface area (Å²) in [6.45, 7) is 12.6. The van der Waals surface area contributed by atoms with Crippen LogP contribution in [0.2, 0.25) is 0 Å². The summed E-state index contributed by atoms with van der Waals surface area (Å²) in [5, 5.41) is 0. The Balaban J connectivity index is 1.25. The highest BCUT2D eigenvalue weighted by Crippen LogP contribution is 2.67. The standard InChI is InChI=1S/C34H50O2/c1-23(2)10-9-11-24(3)29-16-17-30-28-15-14-26-22-27(36-32(35)25-12-7-6-8-13-25)18-20-33(26,4)31(28)19-21-34(29,30)5/h6-8,12-14,23-24,27-31H,9-11,15-22H2,1-5H3/t24-,27+,28+,29+,30+,31-,33+,34-/m1/s1. The second kappa shape index (κ2) is 10.3. The summed E-state index contributed by atoms with van der Waals surface area (Å²) in [4.78, 5) is 12.7. The maximum Gasteiger partial charge on any atom is 0.338 e. The molecule has 1 aromatic rings. The minimum atomic E-state index is -0.161. The molecule has 198 valence electrons. The van der Waals surface area contributed by atoms with E-state index in [4.69, 9.17) is 4.74 Å². The molecule has 0 heterocycles. The van der Waals surface area contributed by atoms with Gasteiger partial charge in [0.15, 0.2) is 0 Å². The van der Waals surface area contributed by atoms with Gasteiger partial charge in [-0.3, -0.25) is 0 Å². The maximum absolute atomic E-state index is 12.7. The molecule has 0 amide bonds. The third-order valence-corrected chi connectivity index (χ3v) is 11.5. The molecule has 1 aromatic carbocycles. The third-order valence-electron chi connectivity index (χ3n) is 11.5. The van der Waals surface area contributed by atoms with E-state index in [9.17, 15) is 4.79 Å². The van der Waals surface area contributed by atoms with Crippen molar-refractivity contribution >= 4 is 5.97 Å². The van der Waals surface area contributed by atoms with E-state index in [0.29, 0.717) is 16.4 Å². The Morgan fingerprint density at radius 3 is 2.50 bits per heavy atom. The van der Waals surface area contributed by atoms with Crippen molar-refractivity contribution in [2.45, 2.75) is 111 Å². The van der Waals surface area contributed by atoms with Gasteiger partial charge in [0, 0.05) is 6.42 Å². The molecular weight excluding hydrogens is 440 g/mol. The number of rotatable bonds is 7. The van der Waals surface area contributed by atoms with Gasteiger partial charge in [-0.05, 0) is 103 Å². The van der Waals surface area contributed by atoms with Crippen molar-refractivity contribution in [2.24, 2.45) is 46.3 Å². The van der Waals surface area contributed by atoms with Gasteiger partial charge >= 0.3 is 5.97 Å². The van der Waals surface area contributed by atoms with Gasteiger partial charge in [-0.1, -0.05) is 83.7 Å². The van der Waals surface area contributed by atoms with Crippen molar-refractivity contribution in [3.05, 3.63) is 47.5 Å². The maximum atomic E-state index is 12.7. The van der Waals surface area contributed by atoms with Crippen LogP contribution in [0, 0.1) is 46.3 Å². The predicted molar refractivity (Wildman–Crippen MR) is 149 cm³/mol. The van der Waals surface area contributed by atoms with Crippen molar-refractivity contribution in [1.29, 1.82) is 0 Å². The van der Waals surface area contributed by atoms with Gasteiger partial charge in [-0.15, -0.1) is 0 Å². The first-order chi connectivity index (χ1) is 17.2. The first-order valence-electron chi connectivity index (χ1n) is 15.2. The Labute approximate surface area is 220 Å². The van der Waals surface area contributed by atoms with Crippen LogP contribution in [0.4, 0.5) is 0 Å². The van der Waals surface area contributed by atoms with Crippen molar-refractivity contribution in [1.82, 2.24) is 0 Å². The predicted octanol–water partition coefficient (Wildman–Crippen LogP) is 9.25. The van der Waals surface area contributed by atoms with Crippen LogP contribution in [0.25, 0.3) is 0 Å². The Kier molecular flexibility index (Phi) is 7.45. The molecule has 4 aliphatic carbocycles. The van der Waals surface area contributed by atoms with Crippen LogP contribution in [0.5, 0.6) is 0 Å². The largest absolute Gasteiger partial charge is 0.458 e. The lowest BCUT2D eigenvalue weighted by molar-refractivity contribution is -0.0594. The summed E-state index contributed by atoms with van der Waals surface area (Å²) < 4.78 is 6.00. The summed E-state index contributed by atoms with van der Waals surface area (Å²) in [5.41, 5.74) is 3.12. The van der Waals surface area contributed by atoms with E-state index >= 15 is 0 Å². The normalized spacial score (nSPS) is 38.5. The highest BCUT2D eigenvalue weighted by Gasteiger charge is 2.59. The van der Waals surface area contributed by atoms with Crippen molar-refractivity contribution in [2.75, 3.05) is 0 Å². The van der Waals surface area contributed by atoms with Gasteiger partial charge in [-0.2, -0.15) is 0 Å². The Morgan fingerprint density at radius 2 is 1.75 bits per heavy atom. The highest BCUT2D eigenvalue weighted by molar-refractivity contribution is 5.89. The van der Waals surface area contributed by atoms with E-state index in [0.717, 1.165) is 48.3 Å². The summed E-state index contributed by atoms with van der Waals surface area (Å²) in [7, 11) is 0. The van der Waals surface area contributed by atoms with Gasteiger partial charge < -0.3 is 4.74 Å². The molecule has 0 saturated heterocycles. The van der Waals surface area contributed by atoms with E-state index in [1.807, 2.05) is 30.3 Å². The molecule has 0 aliphatic heterocycles. The van der Waals surface area contributed by atoms with Gasteiger partial charge in [0.05, 0.1) is 5.56 Å². The average molecular weight is 491 g/mol. The fraction of sp³-hybridized carbons (Fsp3) is 0.735. The van der Waals surface area contributed by atoms with Crippen LogP contribution in [0.15, 0.2) is 42.0 Å². The monoisotopic (exact) mass is 490 g/mol. The number of esters is 1. The van der Waals surface area contributed by atoms with E-state index in [1.165, 1.54) is 57.8 Å². The molecule has 5 rings (SSSR count). The average Bonchev–Trinajstić information content (AvgIpc) is 3.22. The smallest absolute Gasteiger partial charge is 0.338 e. The van der Waals surface area contributed by atoms with Crippen molar-refractivity contribution in [3.63, 3.8) is 0 Å². The number of carbonyl (C=O) groups excluding carboxylic acids is 1. The van der Waals surface area contributed by atoms with Crippen LogP contribution in [-0.4, -0.2) is 12.1 Å². The molecular formula is C34H50O2. The minimum absolute atomic E-state index is 0.0324. The number of fused-ring (bicyclic) bond motifs is 5. The number of hydrogen-bond acceptors (Lipinski definition) is 2. The minimum Gasteiger partial charge on any atom is -0.458 e. The van der Waals surface area contributed by atoms with Crippen molar-refractivity contribution < 1.29 is 9.53 Å². The van der Waals surface area contributed by atoms with Gasteiger partial charge in [-0.25, -0.2) is 4.79 Å². The lowest BCUT2D eigenvalue weighted by Crippen LogP contribution is -2.51. The zero-order valence-electron chi connectivity index (χ0n) is 23.6. The van der Waals surface area contributed by atoms with Crippen LogP contribution < -0.4 is 0 Å². The number of carbonyl (C=O) groups is 1. The molecule has 2 heteroatoms. The number of allylic oxidation sites excluding steroid dienone is 1. The molecule has 36 heavy (non-hydrogen) atoms. The quantitative estimate of drug-likeness (QED) is 0.281. The first-order valence-corrected chi connectivity index (χ1v) is 15.2. The summed E-state index contributed by atoms with van der Waals surface area (Å²) in [6.07, 6.45) is 17.0. The summed E-state index contributed by atoms with van der Waals surface area (Å²) in [6, 6.07) is 9.49. The molecule has 8 atom stereocenters. The Hall–Kier alpha value is -1.57. The summed E-state index contributed by atoms with van der Waals surface area (Å²) >= 11 is 0. The second-order valence-corrected chi connectivity index (χ2v) is 13.9. The molecule has 0 unspecified atom stereocenters. The van der Waals surface area contributed by atoms with E-state index < -0.39 is 0 Å². The van der Waals surface area contributed by atoms with E-state index in [-0.39, 0.29) is 12.1 Å². The molecule has 0 aromatic heterocycles. The van der Waals surface area contributed by atoms with E-state index in [2.05, 4.69) is 40.7 Å². The zero-order chi connectivity index (χ0) is 25.5. The SMILES string of the molecule is CC(C)CCC[C@@H](C)[C@@H]1CC[C@H]2[C@@H]3CC=C4C[C@@H](OC(=O)c5ccccc5)CC[C@]4(C)[C@@H]3CC[C@@]21C. The molecule has 0 N–H and O–H groups in total. The number of hydrogen-bond donors (Lipinski definition) is 0. The van der Waals surface area contributed by atoms with Crippen LogP contribution >= 0.6 is 0 Å². The Bertz CT molecular complexity index is 947. The van der Waals surface area contributed by atoms with Crippen LogP contribution in [0.3, 0.4) is 0 Å². The first kappa shape index (κ1) is 26.1. The molecule has 0 spiro atoms. The van der Waals surface area contributed by atoms with Crippen LogP contribution in [-0.2, 0) is 4.74 Å². The van der Waals surface area contributed by atoms with Gasteiger partial charge in [0.1, 0.15) is 6.10 Å². The lowest BCUT2D eigenvalue weighted by Gasteiger charge is -2.58. The van der Waals surface area contributed by atoms with Crippen molar-refractivity contribution in [3.8, 4) is 0 Å². The zero-order valence-corrected chi connectivity index (χ0v) is 23.6. The summed E-state index contributed by atoms with van der Waals surface area (Å²) in [5.74, 6) is 5.03. The molecule has 2 nitrogen and oxygen atoms in total. The van der Waals surface area contributed by atoms with E-state index in [1.54, 1.807) is 5.57 Å². The molecule has 0 bridgehead atoms. The fourth-order valence-electron chi connectivity index (χ4n) is 9.55. The molecule has 3 saturated carbocycles. The Morgan fingerprint density at radius 1 is 0.972 bits per heavy atom. The van der Waals surface area contributed by atoms with Gasteiger partial charge in [0.2, 0.25) is 0 Å². The number of ether oxygens (including phenoxy) is 1. The van der Waals surface area contributed by atoms with Gasteiger partial charge in [0.25, 0.3) is 0 Å². The van der Waals surface area contributed by atoms with Crippen LogP contribution in [0.1, 0.15) is 116 Å².